The molecule has 1 aliphatic rings. The van der Waals surface area contributed by atoms with Gasteiger partial charge in [0.15, 0.2) is 11.6 Å². The molecule has 0 aliphatic heterocycles. The Morgan fingerprint density at radius 3 is 2.27 bits per heavy atom. The highest BCUT2D eigenvalue weighted by atomic mass is 19.2. The van der Waals surface area contributed by atoms with E-state index in [1.807, 2.05) is 12.1 Å². The van der Waals surface area contributed by atoms with Gasteiger partial charge in [0.25, 0.3) is 0 Å². The minimum absolute atomic E-state index is 0.0717. The first-order valence-electron chi connectivity index (χ1n) is 9.37. The molecule has 0 bridgehead atoms. The molecule has 1 aliphatic carbocycles. The van der Waals surface area contributed by atoms with Crippen molar-refractivity contribution in [2.75, 3.05) is 7.11 Å². The first kappa shape index (κ1) is 18.6. The fourth-order valence-electron chi connectivity index (χ4n) is 3.91. The molecule has 0 saturated heterocycles. The van der Waals surface area contributed by atoms with E-state index in [1.54, 1.807) is 6.07 Å². The summed E-state index contributed by atoms with van der Waals surface area (Å²) in [5, 5.41) is 0. The molecule has 0 amide bonds. The van der Waals surface area contributed by atoms with Crippen LogP contribution in [0.25, 0.3) is 11.1 Å². The molecule has 1 nitrogen and oxygen atoms in total. The number of rotatable bonds is 5. The summed E-state index contributed by atoms with van der Waals surface area (Å²) in [4.78, 5) is 0. The van der Waals surface area contributed by atoms with Crippen molar-refractivity contribution in [3.63, 3.8) is 0 Å². The molecule has 0 unspecified atom stereocenters. The Balaban J connectivity index is 1.71. The topological polar surface area (TPSA) is 9.23 Å². The third kappa shape index (κ3) is 3.98. The summed E-state index contributed by atoms with van der Waals surface area (Å²) in [5.41, 5.74) is 2.26. The predicted octanol–water partition coefficient (Wildman–Crippen LogP) is 6.88. The molecule has 2 aromatic rings. The lowest BCUT2D eigenvalue weighted by atomic mass is 9.77. The van der Waals surface area contributed by atoms with E-state index in [0.717, 1.165) is 5.92 Å². The van der Waals surface area contributed by atoms with Crippen LogP contribution < -0.4 is 4.74 Å². The molecule has 0 N–H and O–H groups in total. The van der Waals surface area contributed by atoms with Crippen LogP contribution in [0.4, 0.5) is 8.78 Å². The van der Waals surface area contributed by atoms with Gasteiger partial charge in [-0.05, 0) is 74.1 Å². The van der Waals surface area contributed by atoms with Gasteiger partial charge in [-0.25, -0.2) is 4.39 Å². The summed E-state index contributed by atoms with van der Waals surface area (Å²) in [6.45, 7) is 2.07. The van der Waals surface area contributed by atoms with Crippen molar-refractivity contribution in [3.05, 3.63) is 65.7 Å². The Kier molecular flexibility index (Phi) is 6.08. The number of benzene rings is 2. The highest BCUT2D eigenvalue weighted by molar-refractivity contribution is 5.65. The van der Waals surface area contributed by atoms with Crippen LogP contribution in [0.1, 0.15) is 50.5 Å². The van der Waals surface area contributed by atoms with E-state index in [9.17, 15) is 8.78 Å². The monoisotopic (exact) mass is 356 g/mol. The van der Waals surface area contributed by atoms with Crippen molar-refractivity contribution < 1.29 is 13.5 Å². The third-order valence-electron chi connectivity index (χ3n) is 5.51. The largest absolute Gasteiger partial charge is 0.494 e. The van der Waals surface area contributed by atoms with Crippen molar-refractivity contribution >= 4 is 0 Å². The third-order valence-corrected chi connectivity index (χ3v) is 5.51. The van der Waals surface area contributed by atoms with Crippen LogP contribution in [0.2, 0.25) is 0 Å². The van der Waals surface area contributed by atoms with Gasteiger partial charge in [-0.2, -0.15) is 4.39 Å². The minimum Gasteiger partial charge on any atom is -0.494 e. The van der Waals surface area contributed by atoms with E-state index in [-0.39, 0.29) is 11.3 Å². The van der Waals surface area contributed by atoms with Crippen LogP contribution in [0.3, 0.4) is 0 Å². The number of hydrogen-bond donors (Lipinski definition) is 0. The van der Waals surface area contributed by atoms with Gasteiger partial charge in [-0.1, -0.05) is 36.4 Å². The Morgan fingerprint density at radius 2 is 1.65 bits per heavy atom. The Hall–Kier alpha value is -2.16. The van der Waals surface area contributed by atoms with Crippen molar-refractivity contribution in [2.45, 2.75) is 44.9 Å². The van der Waals surface area contributed by atoms with Gasteiger partial charge in [0.05, 0.1) is 7.11 Å². The molecule has 0 spiro atoms. The molecule has 0 atom stereocenters. The molecule has 138 valence electrons. The van der Waals surface area contributed by atoms with Crippen LogP contribution in [-0.4, -0.2) is 7.11 Å². The fraction of sp³-hybridized carbons (Fsp3) is 0.391. The van der Waals surface area contributed by atoms with Crippen LogP contribution in [0.15, 0.2) is 48.6 Å². The lowest BCUT2D eigenvalue weighted by Gasteiger charge is -2.28. The minimum atomic E-state index is -0.937. The molecule has 1 fully saturated rings. The molecule has 1 saturated carbocycles. The Bertz CT molecular complexity index is 757. The van der Waals surface area contributed by atoms with Crippen molar-refractivity contribution in [2.24, 2.45) is 5.92 Å². The highest BCUT2D eigenvalue weighted by Crippen LogP contribution is 2.38. The number of ether oxygens (including phenoxy) is 1. The van der Waals surface area contributed by atoms with Crippen molar-refractivity contribution in [1.29, 1.82) is 0 Å². The van der Waals surface area contributed by atoms with Crippen molar-refractivity contribution in [1.82, 2.24) is 0 Å². The summed E-state index contributed by atoms with van der Waals surface area (Å²) in [6, 6.07) is 10.9. The molecule has 26 heavy (non-hydrogen) atoms. The van der Waals surface area contributed by atoms with Gasteiger partial charge in [0, 0.05) is 5.56 Å². The standard InChI is InChI=1S/C23H26F2O/c1-3-4-5-16-6-8-17(9-7-16)18-10-12-19(13-11-18)20-14-15-21(26-2)23(25)22(20)24/h3-4,10-17H,5-9H2,1-2H3. The zero-order valence-corrected chi connectivity index (χ0v) is 15.5. The summed E-state index contributed by atoms with van der Waals surface area (Å²) in [6.07, 6.45) is 10.5. The van der Waals surface area contributed by atoms with Gasteiger partial charge < -0.3 is 4.74 Å². The predicted molar refractivity (Wildman–Crippen MR) is 102 cm³/mol. The Labute approximate surface area is 154 Å². The second-order valence-corrected chi connectivity index (χ2v) is 7.09. The number of allylic oxidation sites excluding steroid dienone is 2. The van der Waals surface area contributed by atoms with Crippen molar-refractivity contribution in [3.8, 4) is 16.9 Å². The van der Waals surface area contributed by atoms with Gasteiger partial charge in [-0.3, -0.25) is 0 Å². The molecule has 3 rings (SSSR count). The first-order chi connectivity index (χ1) is 12.6. The van der Waals surface area contributed by atoms with Crippen LogP contribution >= 0.6 is 0 Å². The first-order valence-corrected chi connectivity index (χ1v) is 9.37. The van der Waals surface area contributed by atoms with Gasteiger partial charge in [-0.15, -0.1) is 0 Å². The summed E-state index contributed by atoms with van der Waals surface area (Å²) >= 11 is 0. The SMILES string of the molecule is CC=CCC1CCC(c2ccc(-c3ccc(OC)c(F)c3F)cc2)CC1. The molecule has 0 aromatic heterocycles. The molecule has 0 heterocycles. The quantitative estimate of drug-likeness (QED) is 0.531. The maximum absolute atomic E-state index is 14.3. The van der Waals surface area contributed by atoms with Crippen LogP contribution in [0.5, 0.6) is 5.75 Å². The van der Waals surface area contributed by atoms with E-state index in [2.05, 4.69) is 31.2 Å². The zero-order chi connectivity index (χ0) is 18.5. The molecular formula is C23H26F2O. The normalized spacial score (nSPS) is 20.5. The zero-order valence-electron chi connectivity index (χ0n) is 15.5. The molecule has 3 heteroatoms. The maximum atomic E-state index is 14.3. The summed E-state index contributed by atoms with van der Waals surface area (Å²) < 4.78 is 33.0. The van der Waals surface area contributed by atoms with Crippen LogP contribution in [0, 0.1) is 17.6 Å². The van der Waals surface area contributed by atoms with E-state index >= 15 is 0 Å². The second-order valence-electron chi connectivity index (χ2n) is 7.09. The summed E-state index contributed by atoms with van der Waals surface area (Å²) in [5.74, 6) is -0.492. The number of hydrogen-bond acceptors (Lipinski definition) is 1. The van der Waals surface area contributed by atoms with Gasteiger partial charge in [0.2, 0.25) is 5.82 Å². The lowest BCUT2D eigenvalue weighted by Crippen LogP contribution is -2.12. The summed E-state index contributed by atoms with van der Waals surface area (Å²) in [7, 11) is 1.33. The number of halogens is 2. The highest BCUT2D eigenvalue weighted by Gasteiger charge is 2.22. The molecule has 2 aromatic carbocycles. The smallest absolute Gasteiger partial charge is 0.201 e. The Morgan fingerprint density at radius 1 is 0.962 bits per heavy atom. The average molecular weight is 356 g/mol. The van der Waals surface area contributed by atoms with Gasteiger partial charge >= 0.3 is 0 Å². The van der Waals surface area contributed by atoms with E-state index in [0.29, 0.717) is 11.5 Å². The molecule has 0 radical (unpaired) electrons. The van der Waals surface area contributed by atoms with E-state index in [4.69, 9.17) is 4.74 Å². The maximum Gasteiger partial charge on any atom is 0.201 e. The van der Waals surface area contributed by atoms with E-state index < -0.39 is 11.6 Å². The van der Waals surface area contributed by atoms with Gasteiger partial charge in [0.1, 0.15) is 0 Å². The van der Waals surface area contributed by atoms with Crippen LogP contribution in [-0.2, 0) is 0 Å². The molecular weight excluding hydrogens is 330 g/mol. The average Bonchev–Trinajstić information content (AvgIpc) is 2.69. The van der Waals surface area contributed by atoms with E-state index in [1.165, 1.54) is 50.8 Å². The second kappa shape index (κ2) is 8.48. The number of methoxy groups -OCH3 is 1. The lowest BCUT2D eigenvalue weighted by molar-refractivity contribution is 0.328. The fourth-order valence-corrected chi connectivity index (χ4v) is 3.91.